The number of hydrogen-bond donors (Lipinski definition) is 2. The molecule has 5 rings (SSSR count). The number of hydrogen-bond acceptors (Lipinski definition) is 5. The maximum absolute atomic E-state index is 12.6. The van der Waals surface area contributed by atoms with Crippen molar-refractivity contribution in [3.05, 3.63) is 133 Å². The predicted molar refractivity (Wildman–Crippen MR) is 162 cm³/mol. The van der Waals surface area contributed by atoms with Crippen molar-refractivity contribution in [2.45, 2.75) is 0 Å². The Morgan fingerprint density at radius 2 is 0.857 bits per heavy atom. The van der Waals surface area contributed by atoms with E-state index in [0.717, 1.165) is 0 Å². The predicted octanol–water partition coefficient (Wildman–Crippen LogP) is 6.59. The zero-order valence-corrected chi connectivity index (χ0v) is 23.0. The summed E-state index contributed by atoms with van der Waals surface area (Å²) in [5, 5.41) is 18.1. The minimum atomic E-state index is -1.08. The summed E-state index contributed by atoms with van der Waals surface area (Å²) in [6, 6.07) is 28.1. The molecule has 3 aromatic carbocycles. The first-order valence-electron chi connectivity index (χ1n) is 12.8. The Morgan fingerprint density at radius 3 is 1.19 bits per heavy atom. The molecule has 0 saturated carbocycles. The van der Waals surface area contributed by atoms with Crippen molar-refractivity contribution in [3.8, 4) is 22.3 Å². The van der Waals surface area contributed by atoms with Crippen LogP contribution in [0.5, 0.6) is 0 Å². The van der Waals surface area contributed by atoms with Gasteiger partial charge in [0.05, 0.1) is 11.1 Å². The lowest BCUT2D eigenvalue weighted by Gasteiger charge is -2.25. The second-order valence-corrected chi connectivity index (χ2v) is 9.16. The summed E-state index contributed by atoms with van der Waals surface area (Å²) >= 11 is 0. The van der Waals surface area contributed by atoms with Gasteiger partial charge < -0.3 is 10.2 Å². The summed E-state index contributed by atoms with van der Waals surface area (Å²) in [5.41, 5.74) is 5.76. The molecule has 2 heterocycles. The van der Waals surface area contributed by atoms with Crippen LogP contribution in [0.4, 0.5) is 16.2 Å². The molecule has 210 valence electrons. The number of carbonyl (C=O) groups is 3. The van der Waals surface area contributed by atoms with E-state index in [1.807, 2.05) is 49.1 Å². The van der Waals surface area contributed by atoms with Crippen LogP contribution in [0.1, 0.15) is 20.7 Å². The molecule has 0 radical (unpaired) electrons. The summed E-state index contributed by atoms with van der Waals surface area (Å²) < 4.78 is 0. The van der Waals surface area contributed by atoms with Crippen LogP contribution < -0.4 is 9.80 Å². The molecule has 5 aromatic rings. The van der Waals surface area contributed by atoms with Gasteiger partial charge in [0.1, 0.15) is 0 Å². The first kappa shape index (κ1) is 29.2. The molecular weight excluding hydrogens is 532 g/mol. The molecule has 0 bridgehead atoms. The van der Waals surface area contributed by atoms with Gasteiger partial charge >= 0.3 is 18.0 Å². The number of pyridine rings is 2. The largest absolute Gasteiger partial charge is 0.478 e. The fourth-order valence-corrected chi connectivity index (χ4v) is 4.08. The van der Waals surface area contributed by atoms with Gasteiger partial charge in [0.25, 0.3) is 0 Å². The SMILES string of the molecule is CN(C(=O)N(C)c1cccc(C(=O)O)c1)c1cccc(C(=O)O)c1.c1cc(-c2ccc(-c3ccncc3)cc2)ccn1. The smallest absolute Gasteiger partial charge is 0.335 e. The first-order chi connectivity index (χ1) is 20.2. The number of anilines is 2. The molecule has 0 unspecified atom stereocenters. The summed E-state index contributed by atoms with van der Waals surface area (Å²) in [4.78, 5) is 45.3. The van der Waals surface area contributed by atoms with Crippen molar-refractivity contribution in [3.63, 3.8) is 0 Å². The fraction of sp³-hybridized carbons (Fsp3) is 0.0606. The van der Waals surface area contributed by atoms with Gasteiger partial charge in [0, 0.05) is 50.3 Å². The zero-order valence-electron chi connectivity index (χ0n) is 23.0. The summed E-state index contributed by atoms with van der Waals surface area (Å²) in [5.74, 6) is -2.17. The zero-order chi connectivity index (χ0) is 30.1. The maximum atomic E-state index is 12.6. The lowest BCUT2D eigenvalue weighted by atomic mass is 10.0. The van der Waals surface area contributed by atoms with Gasteiger partial charge in [-0.2, -0.15) is 0 Å². The van der Waals surface area contributed by atoms with E-state index in [4.69, 9.17) is 10.2 Å². The molecule has 42 heavy (non-hydrogen) atoms. The van der Waals surface area contributed by atoms with Crippen LogP contribution in [0.25, 0.3) is 22.3 Å². The number of rotatable bonds is 6. The third-order valence-electron chi connectivity index (χ3n) is 6.45. The minimum absolute atomic E-state index is 0.0719. The Labute approximate surface area is 243 Å². The number of urea groups is 1. The number of benzene rings is 3. The van der Waals surface area contributed by atoms with Crippen LogP contribution in [-0.4, -0.2) is 52.2 Å². The number of carboxylic acids is 2. The Kier molecular flexibility index (Phi) is 9.37. The third-order valence-corrected chi connectivity index (χ3v) is 6.45. The number of amides is 2. The number of carbonyl (C=O) groups excluding carboxylic acids is 1. The number of nitrogens with zero attached hydrogens (tertiary/aromatic N) is 4. The maximum Gasteiger partial charge on any atom is 0.335 e. The van der Waals surface area contributed by atoms with Gasteiger partial charge in [0.2, 0.25) is 0 Å². The van der Waals surface area contributed by atoms with Gasteiger partial charge in [-0.3, -0.25) is 19.8 Å². The molecule has 0 spiro atoms. The van der Waals surface area contributed by atoms with Crippen molar-refractivity contribution < 1.29 is 24.6 Å². The summed E-state index contributed by atoms with van der Waals surface area (Å²) in [6.45, 7) is 0. The highest BCUT2D eigenvalue weighted by Crippen LogP contribution is 2.24. The van der Waals surface area contributed by atoms with Gasteiger partial charge in [-0.05, 0) is 82.9 Å². The van der Waals surface area contributed by atoms with Gasteiger partial charge in [0.15, 0.2) is 0 Å². The van der Waals surface area contributed by atoms with E-state index < -0.39 is 18.0 Å². The van der Waals surface area contributed by atoms with E-state index in [0.29, 0.717) is 11.4 Å². The van der Waals surface area contributed by atoms with Gasteiger partial charge in [-0.25, -0.2) is 14.4 Å². The third kappa shape index (κ3) is 7.22. The molecule has 0 aliphatic rings. The van der Waals surface area contributed by atoms with Crippen molar-refractivity contribution in [2.24, 2.45) is 0 Å². The van der Waals surface area contributed by atoms with Crippen molar-refractivity contribution >= 4 is 29.3 Å². The topological polar surface area (TPSA) is 124 Å². The molecule has 9 heteroatoms. The molecule has 9 nitrogen and oxygen atoms in total. The highest BCUT2D eigenvalue weighted by Gasteiger charge is 2.19. The van der Waals surface area contributed by atoms with E-state index in [1.165, 1.54) is 70.4 Å². The van der Waals surface area contributed by atoms with Crippen molar-refractivity contribution in [1.29, 1.82) is 0 Å². The first-order valence-corrected chi connectivity index (χ1v) is 12.8. The molecule has 2 amide bonds. The molecule has 0 saturated heterocycles. The molecule has 2 N–H and O–H groups in total. The molecule has 0 aliphatic carbocycles. The second kappa shape index (κ2) is 13.5. The molecule has 0 aliphatic heterocycles. The number of aromatic carboxylic acids is 2. The van der Waals surface area contributed by atoms with Crippen LogP contribution in [0.3, 0.4) is 0 Å². The van der Waals surface area contributed by atoms with Crippen LogP contribution >= 0.6 is 0 Å². The van der Waals surface area contributed by atoms with Gasteiger partial charge in [-0.1, -0.05) is 36.4 Å². The molecule has 2 aromatic heterocycles. The highest BCUT2D eigenvalue weighted by molar-refractivity contribution is 6.04. The Morgan fingerprint density at radius 1 is 0.524 bits per heavy atom. The molecule has 0 atom stereocenters. The lowest BCUT2D eigenvalue weighted by Crippen LogP contribution is -2.39. The Balaban J connectivity index is 0.000000200. The monoisotopic (exact) mass is 560 g/mol. The van der Waals surface area contributed by atoms with Gasteiger partial charge in [-0.15, -0.1) is 0 Å². The van der Waals surface area contributed by atoms with Crippen molar-refractivity contribution in [1.82, 2.24) is 9.97 Å². The average Bonchev–Trinajstić information content (AvgIpc) is 3.05. The summed E-state index contributed by atoms with van der Waals surface area (Å²) in [6.07, 6.45) is 7.25. The van der Waals surface area contributed by atoms with Crippen LogP contribution in [-0.2, 0) is 0 Å². The Hall–Kier alpha value is -5.83. The fourth-order valence-electron chi connectivity index (χ4n) is 4.08. The molecular formula is C33H28N4O5. The van der Waals surface area contributed by atoms with Crippen LogP contribution in [0, 0.1) is 0 Å². The number of carboxylic acid groups (broad SMARTS) is 2. The van der Waals surface area contributed by atoms with E-state index in [2.05, 4.69) is 34.2 Å². The van der Waals surface area contributed by atoms with E-state index in [9.17, 15) is 14.4 Å². The lowest BCUT2D eigenvalue weighted by molar-refractivity contribution is 0.0686. The average molecular weight is 561 g/mol. The van der Waals surface area contributed by atoms with E-state index in [1.54, 1.807) is 24.3 Å². The standard InChI is InChI=1S/C17H16N2O5.C16H12N2/c1-18(13-7-3-5-11(9-13)15(20)21)17(24)19(2)14-8-4-6-12(10-14)16(22)23;1-2-14(16-7-11-18-12-8-16)4-3-13(1)15-5-9-17-10-6-15/h3-10H,1-2H3,(H,20,21)(H,22,23);1-12H. The molecule has 0 fully saturated rings. The van der Waals surface area contributed by atoms with E-state index >= 15 is 0 Å². The van der Waals surface area contributed by atoms with E-state index in [-0.39, 0.29) is 11.1 Å². The van der Waals surface area contributed by atoms with Crippen LogP contribution in [0.2, 0.25) is 0 Å². The normalized spacial score (nSPS) is 10.1. The van der Waals surface area contributed by atoms with Crippen LogP contribution in [0.15, 0.2) is 122 Å². The minimum Gasteiger partial charge on any atom is -0.478 e. The highest BCUT2D eigenvalue weighted by atomic mass is 16.4. The quantitative estimate of drug-likeness (QED) is 0.240. The summed E-state index contributed by atoms with van der Waals surface area (Å²) in [7, 11) is 3.03. The number of aromatic nitrogens is 2. The Bertz CT molecular complexity index is 1550. The van der Waals surface area contributed by atoms with Crippen molar-refractivity contribution in [2.75, 3.05) is 23.9 Å². The second-order valence-electron chi connectivity index (χ2n) is 9.16.